The molecule has 1 atom stereocenters. The van der Waals surface area contributed by atoms with Crippen molar-refractivity contribution in [3.05, 3.63) is 0 Å². The summed E-state index contributed by atoms with van der Waals surface area (Å²) in [5.41, 5.74) is 0. The van der Waals surface area contributed by atoms with Gasteiger partial charge in [-0.3, -0.25) is 0 Å². The predicted molar refractivity (Wildman–Crippen MR) is 26.1 cm³/mol. The summed E-state index contributed by atoms with van der Waals surface area (Å²) in [7, 11) is 0. The van der Waals surface area contributed by atoms with E-state index in [1.165, 1.54) is 0 Å². The molecule has 1 aliphatic rings. The number of rotatable bonds is 0. The van der Waals surface area contributed by atoms with E-state index in [2.05, 4.69) is 17.9 Å². The highest BCUT2D eigenvalue weighted by Gasteiger charge is 2.04. The summed E-state index contributed by atoms with van der Waals surface area (Å²) < 4.78 is 0. The Balaban J connectivity index is 2.53. The van der Waals surface area contributed by atoms with Gasteiger partial charge in [-0.1, -0.05) is 5.92 Å². The topological polar surface area (TPSA) is 23.8 Å². The summed E-state index contributed by atoms with van der Waals surface area (Å²) in [5.74, 6) is 5.69. The number of hydrogen-bond acceptors (Lipinski definition) is 1. The van der Waals surface area contributed by atoms with Crippen LogP contribution < -0.4 is 0 Å². The molecule has 7 heavy (non-hydrogen) atoms. The van der Waals surface area contributed by atoms with Crippen LogP contribution in [0.2, 0.25) is 0 Å². The normalized spacial score (nSPS) is 25.3. The summed E-state index contributed by atoms with van der Waals surface area (Å²) in [4.78, 5) is 0. The molecule has 0 amide bonds. The van der Waals surface area contributed by atoms with Crippen LogP contribution in [-0.4, -0.2) is 0 Å². The minimum absolute atomic E-state index is 0.0417. The molecule has 1 aliphatic carbocycles. The Labute approximate surface area is 42.9 Å². The standard InChI is InChI=1S/C6H5N/c7-5-6-3-1-2-4-6/h6H,1,3H2. The molecule has 0 aromatic carbocycles. The molecule has 0 saturated carbocycles. The van der Waals surface area contributed by atoms with Crippen LogP contribution in [0.25, 0.3) is 0 Å². The van der Waals surface area contributed by atoms with E-state index >= 15 is 0 Å². The highest BCUT2D eigenvalue weighted by Crippen LogP contribution is 2.07. The lowest BCUT2D eigenvalue weighted by Crippen LogP contribution is -1.83. The fourth-order valence-electron chi connectivity index (χ4n) is 0.581. The number of nitrogens with zero attached hydrogens (tertiary/aromatic N) is 1. The minimum Gasteiger partial charge on any atom is -0.197 e. The maximum absolute atomic E-state index is 8.21. The lowest BCUT2D eigenvalue weighted by Gasteiger charge is -1.84. The summed E-state index contributed by atoms with van der Waals surface area (Å²) in [6.45, 7) is 0. The van der Waals surface area contributed by atoms with Gasteiger partial charge in [-0.05, 0) is 6.42 Å². The van der Waals surface area contributed by atoms with Gasteiger partial charge in [0.2, 0.25) is 0 Å². The smallest absolute Gasteiger partial charge is 0.108 e. The Morgan fingerprint density at radius 3 is 2.86 bits per heavy atom. The van der Waals surface area contributed by atoms with Crippen LogP contribution in [0.3, 0.4) is 0 Å². The van der Waals surface area contributed by atoms with Gasteiger partial charge in [0.1, 0.15) is 5.92 Å². The van der Waals surface area contributed by atoms with E-state index < -0.39 is 0 Å². The van der Waals surface area contributed by atoms with Crippen molar-refractivity contribution in [2.75, 3.05) is 0 Å². The monoisotopic (exact) mass is 91.0 g/mol. The van der Waals surface area contributed by atoms with Gasteiger partial charge in [0.25, 0.3) is 0 Å². The molecule has 34 valence electrons. The van der Waals surface area contributed by atoms with Crippen LogP contribution in [0.5, 0.6) is 0 Å². The molecule has 0 spiro atoms. The van der Waals surface area contributed by atoms with Crippen molar-refractivity contribution in [3.8, 4) is 17.9 Å². The molecule has 1 nitrogen and oxygen atoms in total. The largest absolute Gasteiger partial charge is 0.197 e. The third-order valence-corrected chi connectivity index (χ3v) is 0.990. The van der Waals surface area contributed by atoms with Gasteiger partial charge in [0, 0.05) is 6.42 Å². The molecule has 1 rings (SSSR count). The molecule has 0 heterocycles. The van der Waals surface area contributed by atoms with E-state index in [0.29, 0.717) is 0 Å². The van der Waals surface area contributed by atoms with E-state index in [1.54, 1.807) is 0 Å². The van der Waals surface area contributed by atoms with E-state index in [9.17, 15) is 0 Å². The molecule has 0 aromatic rings. The minimum atomic E-state index is 0.0417. The Bertz CT molecular complexity index is 153. The second-order valence-electron chi connectivity index (χ2n) is 1.54. The number of nitriles is 1. The van der Waals surface area contributed by atoms with Crippen LogP contribution in [-0.2, 0) is 0 Å². The van der Waals surface area contributed by atoms with Gasteiger partial charge >= 0.3 is 0 Å². The van der Waals surface area contributed by atoms with Gasteiger partial charge in [0.15, 0.2) is 0 Å². The zero-order chi connectivity index (χ0) is 5.11. The van der Waals surface area contributed by atoms with E-state index in [-0.39, 0.29) is 5.92 Å². The molecule has 0 saturated heterocycles. The van der Waals surface area contributed by atoms with E-state index in [0.717, 1.165) is 12.8 Å². The van der Waals surface area contributed by atoms with Gasteiger partial charge < -0.3 is 0 Å². The summed E-state index contributed by atoms with van der Waals surface area (Å²) in [6.07, 6.45) is 1.84. The fraction of sp³-hybridized carbons (Fsp3) is 0.500. The third-order valence-electron chi connectivity index (χ3n) is 0.990. The van der Waals surface area contributed by atoms with E-state index in [4.69, 9.17) is 5.26 Å². The Hall–Kier alpha value is -0.950. The van der Waals surface area contributed by atoms with Crippen LogP contribution in [0.1, 0.15) is 12.8 Å². The summed E-state index contributed by atoms with van der Waals surface area (Å²) >= 11 is 0. The summed E-state index contributed by atoms with van der Waals surface area (Å²) in [5, 5.41) is 8.21. The first-order valence-electron chi connectivity index (χ1n) is 2.31. The maximum Gasteiger partial charge on any atom is 0.108 e. The van der Waals surface area contributed by atoms with Gasteiger partial charge in [-0.15, -0.1) is 5.92 Å². The molecule has 1 heteroatoms. The zero-order valence-electron chi connectivity index (χ0n) is 3.94. The fourth-order valence-corrected chi connectivity index (χ4v) is 0.581. The molecule has 0 aliphatic heterocycles. The Morgan fingerprint density at radius 2 is 2.57 bits per heavy atom. The van der Waals surface area contributed by atoms with Gasteiger partial charge in [-0.25, -0.2) is 0 Å². The Kier molecular flexibility index (Phi) is 1.00. The third kappa shape index (κ3) is 0.725. The molecule has 1 unspecified atom stereocenters. The lowest BCUT2D eigenvalue weighted by molar-refractivity contribution is 0.798. The molecular formula is C6H5N. The van der Waals surface area contributed by atoms with Crippen LogP contribution in [0.4, 0.5) is 0 Å². The lowest BCUT2D eigenvalue weighted by atomic mass is 10.1. The van der Waals surface area contributed by atoms with Gasteiger partial charge in [-0.2, -0.15) is 5.26 Å². The van der Waals surface area contributed by atoms with Gasteiger partial charge in [0.05, 0.1) is 6.07 Å². The second-order valence-corrected chi connectivity index (χ2v) is 1.54. The molecule has 0 aromatic heterocycles. The Morgan fingerprint density at radius 1 is 1.71 bits per heavy atom. The first-order valence-corrected chi connectivity index (χ1v) is 2.31. The van der Waals surface area contributed by atoms with Crippen molar-refractivity contribution in [3.63, 3.8) is 0 Å². The van der Waals surface area contributed by atoms with Crippen LogP contribution >= 0.6 is 0 Å². The second kappa shape index (κ2) is 1.67. The molecule has 0 fully saturated rings. The number of hydrogen-bond donors (Lipinski definition) is 0. The highest BCUT2D eigenvalue weighted by atomic mass is 14.3. The molecule has 0 radical (unpaired) electrons. The average Bonchev–Trinajstić information content (AvgIpc) is 2.14. The molecular weight excluding hydrogens is 86.1 g/mol. The van der Waals surface area contributed by atoms with Crippen molar-refractivity contribution >= 4 is 0 Å². The zero-order valence-corrected chi connectivity index (χ0v) is 3.94. The van der Waals surface area contributed by atoms with E-state index in [1.807, 2.05) is 0 Å². The van der Waals surface area contributed by atoms with Crippen molar-refractivity contribution in [1.29, 1.82) is 5.26 Å². The predicted octanol–water partition coefficient (Wildman–Crippen LogP) is 0.923. The maximum atomic E-state index is 8.21. The van der Waals surface area contributed by atoms with Crippen molar-refractivity contribution < 1.29 is 0 Å². The SMILES string of the molecule is N#CC1C#CCC1. The van der Waals surface area contributed by atoms with Crippen molar-refractivity contribution in [1.82, 2.24) is 0 Å². The summed E-state index contributed by atoms with van der Waals surface area (Å²) in [6, 6.07) is 2.09. The average molecular weight is 91.1 g/mol. The van der Waals surface area contributed by atoms with Crippen LogP contribution in [0, 0.1) is 29.1 Å². The van der Waals surface area contributed by atoms with Crippen molar-refractivity contribution in [2.24, 2.45) is 5.92 Å². The quantitative estimate of drug-likeness (QED) is 0.407. The first kappa shape index (κ1) is 4.22. The van der Waals surface area contributed by atoms with Crippen LogP contribution in [0.15, 0.2) is 0 Å². The molecule has 0 N–H and O–H groups in total. The molecule has 0 bridgehead atoms. The van der Waals surface area contributed by atoms with Crippen molar-refractivity contribution in [2.45, 2.75) is 12.8 Å². The highest BCUT2D eigenvalue weighted by molar-refractivity contribution is 5.17. The first-order chi connectivity index (χ1) is 3.43.